The van der Waals surface area contributed by atoms with E-state index in [1.165, 1.54) is 24.3 Å². The number of aromatic hydroxyl groups is 6. The summed E-state index contributed by atoms with van der Waals surface area (Å²) in [5, 5.41) is 58.9. The van der Waals surface area contributed by atoms with Gasteiger partial charge in [0.2, 0.25) is 0 Å². The predicted molar refractivity (Wildman–Crippen MR) is 143 cm³/mol. The topological polar surface area (TPSA) is 140 Å². The Morgan fingerprint density at radius 2 is 0.816 bits per heavy atom. The van der Waals surface area contributed by atoms with Crippen LogP contribution in [0.3, 0.4) is 0 Å². The van der Waals surface area contributed by atoms with Crippen LogP contribution in [0.15, 0.2) is 60.7 Å². The minimum Gasteiger partial charge on any atom is -0.504 e. The second-order valence-electron chi connectivity index (χ2n) is 9.01. The number of methoxy groups -OCH3 is 2. The number of phenols is 6. The number of aryl methyl sites for hydroxylation is 4. The van der Waals surface area contributed by atoms with E-state index in [2.05, 4.69) is 0 Å². The van der Waals surface area contributed by atoms with Crippen molar-refractivity contribution in [3.05, 3.63) is 82.9 Å². The summed E-state index contributed by atoms with van der Waals surface area (Å²) in [5.41, 5.74) is 5.15. The Morgan fingerprint density at radius 1 is 0.474 bits per heavy atom. The molecule has 0 aliphatic rings. The van der Waals surface area contributed by atoms with Gasteiger partial charge in [0.1, 0.15) is 11.5 Å². The summed E-state index contributed by atoms with van der Waals surface area (Å²) in [7, 11) is 3.19. The molecule has 0 amide bonds. The van der Waals surface area contributed by atoms with Gasteiger partial charge < -0.3 is 40.1 Å². The third kappa shape index (κ3) is 5.64. The fourth-order valence-electron chi connectivity index (χ4n) is 4.47. The highest BCUT2D eigenvalue weighted by Gasteiger charge is 2.16. The normalized spacial score (nSPS) is 10.9. The molecule has 0 spiro atoms. The zero-order valence-electron chi connectivity index (χ0n) is 21.1. The Hall–Kier alpha value is -4.72. The van der Waals surface area contributed by atoms with Crippen LogP contribution in [0.2, 0.25) is 0 Å². The van der Waals surface area contributed by atoms with Gasteiger partial charge in [0.05, 0.1) is 14.2 Å². The van der Waals surface area contributed by atoms with Crippen LogP contribution >= 0.6 is 0 Å². The van der Waals surface area contributed by atoms with E-state index in [0.29, 0.717) is 48.3 Å². The lowest BCUT2D eigenvalue weighted by Gasteiger charge is -2.17. The molecule has 0 radical (unpaired) electrons. The van der Waals surface area contributed by atoms with Crippen molar-refractivity contribution in [3.8, 4) is 57.1 Å². The summed E-state index contributed by atoms with van der Waals surface area (Å²) in [6.07, 6.45) is 2.12. The lowest BCUT2D eigenvalue weighted by Crippen LogP contribution is -2.00. The minimum atomic E-state index is -0.546. The van der Waals surface area contributed by atoms with Crippen LogP contribution in [0.5, 0.6) is 46.0 Å². The first-order chi connectivity index (χ1) is 18.2. The molecule has 0 bridgehead atoms. The maximum Gasteiger partial charge on any atom is 0.200 e. The van der Waals surface area contributed by atoms with Crippen molar-refractivity contribution in [2.24, 2.45) is 0 Å². The van der Waals surface area contributed by atoms with Crippen LogP contribution in [0.4, 0.5) is 0 Å². The first-order valence-electron chi connectivity index (χ1n) is 12.0. The van der Waals surface area contributed by atoms with Crippen molar-refractivity contribution in [1.82, 2.24) is 0 Å². The molecule has 0 fully saturated rings. The number of hydrogen-bond acceptors (Lipinski definition) is 8. The summed E-state index contributed by atoms with van der Waals surface area (Å²) >= 11 is 0. The smallest absolute Gasteiger partial charge is 0.200 e. The molecular weight excluding hydrogens is 488 g/mol. The van der Waals surface area contributed by atoms with Gasteiger partial charge in [-0.05, 0) is 108 Å². The number of hydrogen-bond donors (Lipinski definition) is 6. The second kappa shape index (κ2) is 11.1. The van der Waals surface area contributed by atoms with Crippen LogP contribution < -0.4 is 9.47 Å². The average molecular weight is 519 g/mol. The first-order valence-corrected chi connectivity index (χ1v) is 12.0. The van der Waals surface area contributed by atoms with Gasteiger partial charge in [-0.15, -0.1) is 0 Å². The molecule has 6 N–H and O–H groups in total. The Morgan fingerprint density at radius 3 is 1.13 bits per heavy atom. The van der Waals surface area contributed by atoms with Gasteiger partial charge in [0, 0.05) is 0 Å². The minimum absolute atomic E-state index is 0.378. The molecule has 0 aromatic heterocycles. The van der Waals surface area contributed by atoms with Gasteiger partial charge in [-0.1, -0.05) is 12.1 Å². The summed E-state index contributed by atoms with van der Waals surface area (Å²) in [6, 6.07) is 17.3. The highest BCUT2D eigenvalue weighted by Crippen LogP contribution is 2.39. The van der Waals surface area contributed by atoms with Crippen molar-refractivity contribution >= 4 is 0 Å². The van der Waals surface area contributed by atoms with Crippen LogP contribution in [-0.2, 0) is 25.7 Å². The van der Waals surface area contributed by atoms with E-state index < -0.39 is 11.5 Å². The van der Waals surface area contributed by atoms with E-state index in [9.17, 15) is 30.6 Å². The SMILES string of the molecule is COc1ccc(CCc2cc(O)c(O)c(O)c2)c(-c2cc(OC)ccc2CCc2cc(O)c(O)c(O)c2)c1. The van der Waals surface area contributed by atoms with Crippen molar-refractivity contribution < 1.29 is 40.1 Å². The van der Waals surface area contributed by atoms with E-state index in [1.54, 1.807) is 14.2 Å². The summed E-state index contributed by atoms with van der Waals surface area (Å²) in [5.74, 6) is -1.26. The summed E-state index contributed by atoms with van der Waals surface area (Å²) < 4.78 is 11.0. The van der Waals surface area contributed by atoms with Crippen molar-refractivity contribution in [2.45, 2.75) is 25.7 Å². The Balaban J connectivity index is 1.70. The van der Waals surface area contributed by atoms with Gasteiger partial charge in [-0.2, -0.15) is 0 Å². The third-order valence-corrected chi connectivity index (χ3v) is 6.55. The number of phenolic OH excluding ortho intramolecular Hbond substituents is 6. The van der Waals surface area contributed by atoms with Gasteiger partial charge in [0.25, 0.3) is 0 Å². The fraction of sp³-hybridized carbons (Fsp3) is 0.200. The molecule has 0 saturated carbocycles. The summed E-state index contributed by atoms with van der Waals surface area (Å²) in [4.78, 5) is 0. The zero-order valence-corrected chi connectivity index (χ0v) is 21.1. The van der Waals surface area contributed by atoms with E-state index in [4.69, 9.17) is 9.47 Å². The maximum atomic E-state index is 9.89. The van der Waals surface area contributed by atoms with Crippen LogP contribution in [0.1, 0.15) is 22.3 Å². The standard InChI is InChI=1S/C30H30O8/c1-37-21-9-7-19(5-3-17-11-25(31)29(35)26(32)12-17)23(15-21)24-16-22(38-2)10-8-20(24)6-4-18-13-27(33)30(36)28(34)14-18/h7-16,31-36H,3-6H2,1-2H3. The van der Waals surface area contributed by atoms with Gasteiger partial charge in [-0.3, -0.25) is 0 Å². The largest absolute Gasteiger partial charge is 0.504 e. The third-order valence-electron chi connectivity index (χ3n) is 6.55. The average Bonchev–Trinajstić information content (AvgIpc) is 2.92. The molecule has 38 heavy (non-hydrogen) atoms. The Bertz CT molecular complexity index is 1300. The Labute approximate surface area is 220 Å². The van der Waals surface area contributed by atoms with E-state index in [-0.39, 0.29) is 23.0 Å². The van der Waals surface area contributed by atoms with Crippen molar-refractivity contribution in [3.63, 3.8) is 0 Å². The molecular formula is C30H30O8. The number of rotatable bonds is 9. The Kier molecular flexibility index (Phi) is 7.71. The summed E-state index contributed by atoms with van der Waals surface area (Å²) in [6.45, 7) is 0. The quantitative estimate of drug-likeness (QED) is 0.167. The predicted octanol–water partition coefficient (Wildman–Crippen LogP) is 5.17. The second-order valence-corrected chi connectivity index (χ2v) is 9.01. The van der Waals surface area contributed by atoms with Crippen molar-refractivity contribution in [1.29, 1.82) is 0 Å². The van der Waals surface area contributed by atoms with Crippen molar-refractivity contribution in [2.75, 3.05) is 14.2 Å². The van der Waals surface area contributed by atoms with Crippen LogP contribution in [0.25, 0.3) is 11.1 Å². The number of ether oxygens (including phenoxy) is 2. The lowest BCUT2D eigenvalue weighted by atomic mass is 9.89. The van der Waals surface area contributed by atoms with Gasteiger partial charge in [-0.25, -0.2) is 0 Å². The molecule has 0 aliphatic heterocycles. The molecule has 8 heteroatoms. The highest BCUT2D eigenvalue weighted by molar-refractivity contribution is 5.74. The van der Waals surface area contributed by atoms with E-state index >= 15 is 0 Å². The fourth-order valence-corrected chi connectivity index (χ4v) is 4.47. The molecule has 0 unspecified atom stereocenters. The first kappa shape index (κ1) is 26.3. The zero-order chi connectivity index (χ0) is 27.4. The van der Waals surface area contributed by atoms with E-state index in [1.807, 2.05) is 36.4 Å². The molecule has 0 heterocycles. The highest BCUT2D eigenvalue weighted by atomic mass is 16.5. The monoisotopic (exact) mass is 518 g/mol. The number of benzene rings is 4. The maximum absolute atomic E-state index is 9.89. The lowest BCUT2D eigenvalue weighted by molar-refractivity contribution is 0.367. The molecule has 4 aromatic rings. The van der Waals surface area contributed by atoms with E-state index in [0.717, 1.165) is 22.3 Å². The molecule has 8 nitrogen and oxygen atoms in total. The van der Waals surface area contributed by atoms with Crippen LogP contribution in [0, 0.1) is 0 Å². The van der Waals surface area contributed by atoms with Gasteiger partial charge in [0.15, 0.2) is 34.5 Å². The molecule has 4 rings (SSSR count). The molecule has 0 aliphatic carbocycles. The van der Waals surface area contributed by atoms with Crippen LogP contribution in [-0.4, -0.2) is 44.9 Å². The molecule has 4 aromatic carbocycles. The molecule has 198 valence electrons. The molecule has 0 atom stereocenters. The van der Waals surface area contributed by atoms with Gasteiger partial charge >= 0.3 is 0 Å². The molecule has 0 saturated heterocycles.